The number of pyridine rings is 1. The van der Waals surface area contributed by atoms with Crippen molar-refractivity contribution in [2.45, 2.75) is 11.1 Å². The largest absolute Gasteiger partial charge is 0.506 e. The number of para-hydroxylation sites is 1. The third-order valence-corrected chi connectivity index (χ3v) is 4.91. The number of aromatic hydroxyl groups is 1. The lowest BCUT2D eigenvalue weighted by Gasteiger charge is -2.15. The van der Waals surface area contributed by atoms with Crippen molar-refractivity contribution in [3.05, 3.63) is 52.9 Å². The zero-order valence-electron chi connectivity index (χ0n) is 10.1. The number of fused-ring (bicyclic) bond motifs is 1. The highest BCUT2D eigenvalue weighted by Gasteiger charge is 2.33. The Morgan fingerprint density at radius 3 is 2.45 bits per heavy atom. The third kappa shape index (κ3) is 2.06. The Balaban J connectivity index is 2.24. The van der Waals surface area contributed by atoms with Crippen LogP contribution in [0, 0.1) is 0 Å². The van der Waals surface area contributed by atoms with Crippen LogP contribution in [0.25, 0.3) is 10.9 Å². The SMILES string of the molecule is Oc1c([SH]2C=CC=C2)cnc2c(C(F)(F)F)cccc12. The van der Waals surface area contributed by atoms with Crippen LogP contribution in [0.1, 0.15) is 5.56 Å². The van der Waals surface area contributed by atoms with Gasteiger partial charge in [0.05, 0.1) is 16.0 Å². The van der Waals surface area contributed by atoms with Crippen LogP contribution in [0.4, 0.5) is 13.2 Å². The average molecular weight is 297 g/mol. The van der Waals surface area contributed by atoms with Crippen LogP contribution in [-0.4, -0.2) is 10.1 Å². The molecule has 1 aliphatic heterocycles. The number of hydrogen-bond donors (Lipinski definition) is 2. The standard InChI is InChI=1S/C14H10F3NOS/c15-14(16,17)10-5-3-4-9-12(10)18-8-11(13(9)19)20-6-1-2-7-20/h1-8,20H,(H,18,19). The number of aromatic nitrogens is 1. The van der Waals surface area contributed by atoms with Crippen LogP contribution in [-0.2, 0) is 6.18 Å². The molecule has 0 saturated heterocycles. The van der Waals surface area contributed by atoms with Gasteiger partial charge in [-0.15, -0.1) is 0 Å². The molecule has 0 aliphatic carbocycles. The third-order valence-electron chi connectivity index (χ3n) is 3.04. The molecule has 1 N–H and O–H groups in total. The highest BCUT2D eigenvalue weighted by molar-refractivity contribution is 8.22. The van der Waals surface area contributed by atoms with Crippen LogP contribution in [0.5, 0.6) is 5.75 Å². The lowest BCUT2D eigenvalue weighted by atomic mass is 10.1. The maximum absolute atomic E-state index is 12.9. The molecule has 0 fully saturated rings. The second-order valence-corrected chi connectivity index (χ2v) is 6.17. The Morgan fingerprint density at radius 2 is 1.80 bits per heavy atom. The van der Waals surface area contributed by atoms with Crippen molar-refractivity contribution < 1.29 is 18.3 Å². The van der Waals surface area contributed by atoms with Gasteiger partial charge in [0.2, 0.25) is 0 Å². The van der Waals surface area contributed by atoms with Crippen LogP contribution in [0.3, 0.4) is 0 Å². The number of nitrogens with zero attached hydrogens (tertiary/aromatic N) is 1. The molecule has 2 heterocycles. The van der Waals surface area contributed by atoms with Gasteiger partial charge in [0.1, 0.15) is 5.75 Å². The highest BCUT2D eigenvalue weighted by Crippen LogP contribution is 2.48. The van der Waals surface area contributed by atoms with E-state index in [9.17, 15) is 18.3 Å². The monoisotopic (exact) mass is 297 g/mol. The molecule has 6 heteroatoms. The molecule has 2 aromatic rings. The maximum atomic E-state index is 12.9. The van der Waals surface area contributed by atoms with Gasteiger partial charge in [-0.25, -0.2) is 0 Å². The molecule has 0 unspecified atom stereocenters. The van der Waals surface area contributed by atoms with Crippen molar-refractivity contribution in [1.82, 2.24) is 4.98 Å². The van der Waals surface area contributed by atoms with E-state index in [2.05, 4.69) is 4.98 Å². The summed E-state index contributed by atoms with van der Waals surface area (Å²) in [5, 5.41) is 14.2. The molecule has 0 amide bonds. The number of benzene rings is 1. The van der Waals surface area contributed by atoms with E-state index in [1.54, 1.807) is 0 Å². The molecular formula is C14H10F3NOS. The van der Waals surface area contributed by atoms with Crippen molar-refractivity contribution in [1.29, 1.82) is 0 Å². The topological polar surface area (TPSA) is 33.1 Å². The normalized spacial score (nSPS) is 16.2. The predicted octanol–water partition coefficient (Wildman–Crippen LogP) is 4.36. The Morgan fingerprint density at radius 1 is 1.10 bits per heavy atom. The number of alkyl halides is 3. The van der Waals surface area contributed by atoms with E-state index in [0.717, 1.165) is 6.07 Å². The van der Waals surface area contributed by atoms with Crippen molar-refractivity contribution >= 4 is 21.8 Å². The van der Waals surface area contributed by atoms with Crippen LogP contribution >= 0.6 is 10.9 Å². The van der Waals surface area contributed by atoms with Crippen LogP contribution in [0.15, 0.2) is 52.3 Å². The Kier molecular flexibility index (Phi) is 2.97. The summed E-state index contributed by atoms with van der Waals surface area (Å²) in [4.78, 5) is 4.49. The second-order valence-electron chi connectivity index (χ2n) is 4.28. The number of rotatable bonds is 1. The van der Waals surface area contributed by atoms with Gasteiger partial charge in [-0.2, -0.15) is 24.1 Å². The van der Waals surface area contributed by atoms with Crippen molar-refractivity contribution in [3.8, 4) is 5.75 Å². The molecule has 1 aromatic carbocycles. The molecule has 0 saturated carbocycles. The number of hydrogen-bond acceptors (Lipinski definition) is 2. The molecule has 0 spiro atoms. The van der Waals surface area contributed by atoms with Crippen molar-refractivity contribution in [2.24, 2.45) is 0 Å². The zero-order valence-corrected chi connectivity index (χ0v) is 11.0. The fourth-order valence-corrected chi connectivity index (χ4v) is 3.66. The van der Waals surface area contributed by atoms with Gasteiger partial charge in [-0.3, -0.25) is 4.98 Å². The zero-order chi connectivity index (χ0) is 14.3. The predicted molar refractivity (Wildman–Crippen MR) is 73.9 cm³/mol. The minimum Gasteiger partial charge on any atom is -0.506 e. The number of halogens is 3. The Labute approximate surface area is 115 Å². The summed E-state index contributed by atoms with van der Waals surface area (Å²) in [5.74, 6) is -0.122. The van der Waals surface area contributed by atoms with Gasteiger partial charge in [0, 0.05) is 11.6 Å². The maximum Gasteiger partial charge on any atom is 0.418 e. The smallest absolute Gasteiger partial charge is 0.418 e. The molecule has 20 heavy (non-hydrogen) atoms. The quantitative estimate of drug-likeness (QED) is 0.767. The molecule has 0 atom stereocenters. The van der Waals surface area contributed by atoms with Crippen molar-refractivity contribution in [3.63, 3.8) is 0 Å². The second kappa shape index (κ2) is 4.56. The number of thiol groups is 1. The van der Waals surface area contributed by atoms with Gasteiger partial charge in [0.15, 0.2) is 0 Å². The number of allylic oxidation sites excluding steroid dienone is 2. The summed E-state index contributed by atoms with van der Waals surface area (Å²) >= 11 is 0. The van der Waals surface area contributed by atoms with Gasteiger partial charge < -0.3 is 5.11 Å². The van der Waals surface area contributed by atoms with E-state index in [-0.39, 0.29) is 16.7 Å². The van der Waals surface area contributed by atoms with E-state index in [4.69, 9.17) is 0 Å². The van der Waals surface area contributed by atoms with Gasteiger partial charge >= 0.3 is 6.18 Å². The lowest BCUT2D eigenvalue weighted by molar-refractivity contribution is -0.136. The average Bonchev–Trinajstić information content (AvgIpc) is 2.91. The summed E-state index contributed by atoms with van der Waals surface area (Å²) in [6, 6.07) is 3.70. The van der Waals surface area contributed by atoms with Crippen molar-refractivity contribution in [2.75, 3.05) is 0 Å². The summed E-state index contributed by atoms with van der Waals surface area (Å²) in [6.07, 6.45) is 0.542. The lowest BCUT2D eigenvalue weighted by Crippen LogP contribution is -2.06. The van der Waals surface area contributed by atoms with Gasteiger partial charge in [-0.1, -0.05) is 18.2 Å². The summed E-state index contributed by atoms with van der Waals surface area (Å²) in [7, 11) is -0.827. The molecule has 0 bridgehead atoms. The van der Waals surface area contributed by atoms with Gasteiger partial charge in [-0.05, 0) is 22.9 Å². The first-order valence-corrected chi connectivity index (χ1v) is 7.28. The van der Waals surface area contributed by atoms with E-state index in [0.29, 0.717) is 4.90 Å². The minimum absolute atomic E-state index is 0.122. The minimum atomic E-state index is -4.49. The molecule has 2 nitrogen and oxygen atoms in total. The van der Waals surface area contributed by atoms with E-state index < -0.39 is 22.6 Å². The Bertz CT molecular complexity index is 725. The van der Waals surface area contributed by atoms with E-state index in [1.807, 2.05) is 23.0 Å². The van der Waals surface area contributed by atoms with Gasteiger partial charge in [0.25, 0.3) is 0 Å². The molecule has 1 aromatic heterocycles. The summed E-state index contributed by atoms with van der Waals surface area (Å²) in [5.41, 5.74) is -1.05. The molecule has 104 valence electrons. The molecule has 0 radical (unpaired) electrons. The Hall–Kier alpha value is -1.95. The first-order valence-electron chi connectivity index (χ1n) is 5.80. The van der Waals surface area contributed by atoms with Crippen LogP contribution < -0.4 is 0 Å². The fourth-order valence-electron chi connectivity index (χ4n) is 2.11. The summed E-state index contributed by atoms with van der Waals surface area (Å²) in [6.45, 7) is 0. The van der Waals surface area contributed by atoms with E-state index >= 15 is 0 Å². The molecular weight excluding hydrogens is 287 g/mol. The van der Waals surface area contributed by atoms with Crippen LogP contribution in [0.2, 0.25) is 0 Å². The first-order chi connectivity index (χ1) is 9.48. The fraction of sp³-hybridized carbons (Fsp3) is 0.0714. The van der Waals surface area contributed by atoms with E-state index in [1.165, 1.54) is 18.3 Å². The molecule has 3 rings (SSSR count). The summed E-state index contributed by atoms with van der Waals surface area (Å²) < 4.78 is 38.7. The first kappa shape index (κ1) is 13.1. The highest BCUT2D eigenvalue weighted by atomic mass is 32.2. The molecule has 1 aliphatic rings.